The van der Waals surface area contributed by atoms with Crippen LogP contribution < -0.4 is 15.7 Å². The summed E-state index contributed by atoms with van der Waals surface area (Å²) in [5.41, 5.74) is 0.694. The second-order valence-electron chi connectivity index (χ2n) is 10.6. The number of ether oxygens (including phenoxy) is 1. The van der Waals surface area contributed by atoms with Crippen LogP contribution in [0.1, 0.15) is 62.8 Å². The van der Waals surface area contributed by atoms with Crippen molar-refractivity contribution in [2.24, 2.45) is 5.92 Å². The zero-order chi connectivity index (χ0) is 24.8. The highest BCUT2D eigenvalue weighted by Gasteiger charge is 2.49. The van der Waals surface area contributed by atoms with Gasteiger partial charge < -0.3 is 19.7 Å². The van der Waals surface area contributed by atoms with Crippen LogP contribution in [0.5, 0.6) is 5.75 Å². The Morgan fingerprint density at radius 1 is 1.17 bits per heavy atom. The van der Waals surface area contributed by atoms with Gasteiger partial charge in [-0.3, -0.25) is 4.79 Å². The van der Waals surface area contributed by atoms with E-state index in [0.29, 0.717) is 28.8 Å². The van der Waals surface area contributed by atoms with Gasteiger partial charge in [-0.1, -0.05) is 50.0 Å². The Morgan fingerprint density at radius 2 is 1.94 bits per heavy atom. The number of fused-ring (bicyclic) bond motifs is 2. The van der Waals surface area contributed by atoms with Gasteiger partial charge in [0.15, 0.2) is 0 Å². The maximum absolute atomic E-state index is 13.8. The third kappa shape index (κ3) is 4.22. The molecule has 0 saturated heterocycles. The second-order valence-corrected chi connectivity index (χ2v) is 10.6. The summed E-state index contributed by atoms with van der Waals surface area (Å²) < 4.78 is 10.8. The lowest BCUT2D eigenvalue weighted by molar-refractivity contribution is -0.143. The van der Waals surface area contributed by atoms with Gasteiger partial charge in [-0.05, 0) is 61.3 Å². The van der Waals surface area contributed by atoms with E-state index in [4.69, 9.17) is 9.26 Å². The minimum absolute atomic E-state index is 0.129. The summed E-state index contributed by atoms with van der Waals surface area (Å²) in [5.74, 6) is 0.345. The van der Waals surface area contributed by atoms with Gasteiger partial charge in [0.1, 0.15) is 11.4 Å². The monoisotopic (exact) mass is 476 g/mol. The lowest BCUT2D eigenvalue weighted by Gasteiger charge is -2.39. The van der Waals surface area contributed by atoms with Gasteiger partial charge in [0.25, 0.3) is 5.91 Å². The summed E-state index contributed by atoms with van der Waals surface area (Å²) in [5, 5.41) is 19.8. The molecule has 1 aliphatic heterocycles. The molecule has 5 rings (SSSR count). The maximum Gasteiger partial charge on any atom is 0.366 e. The molecule has 1 aromatic heterocycles. The number of nitrogens with zero attached hydrogens (tertiary/aromatic N) is 1. The lowest BCUT2D eigenvalue weighted by atomic mass is 9.69. The molecule has 1 amide bonds. The Morgan fingerprint density at radius 3 is 2.71 bits per heavy atom. The molecule has 1 atom stereocenters. The van der Waals surface area contributed by atoms with Gasteiger partial charge >= 0.3 is 5.63 Å². The number of aliphatic hydroxyl groups is 1. The zero-order valence-electron chi connectivity index (χ0n) is 20.5. The molecule has 1 unspecified atom stereocenters. The van der Waals surface area contributed by atoms with E-state index in [2.05, 4.69) is 30.4 Å². The molecule has 2 heterocycles. The van der Waals surface area contributed by atoms with Crippen molar-refractivity contribution in [3.05, 3.63) is 63.6 Å². The number of carbonyl (C=O) groups is 1. The fourth-order valence-electron chi connectivity index (χ4n) is 5.88. The van der Waals surface area contributed by atoms with Crippen molar-refractivity contribution in [3.63, 3.8) is 0 Å². The van der Waals surface area contributed by atoms with E-state index in [9.17, 15) is 14.7 Å². The average molecular weight is 477 g/mol. The minimum Gasteiger partial charge on any atom is -0.493 e. The third-order valence-corrected chi connectivity index (χ3v) is 7.73. The van der Waals surface area contributed by atoms with E-state index in [1.165, 1.54) is 5.56 Å². The number of anilines is 1. The highest BCUT2D eigenvalue weighted by atomic mass is 16.5. The van der Waals surface area contributed by atoms with Crippen LogP contribution in [0.15, 0.2) is 45.7 Å². The molecule has 0 bridgehead atoms. The fourth-order valence-corrected chi connectivity index (χ4v) is 5.88. The van der Waals surface area contributed by atoms with E-state index in [-0.39, 0.29) is 12.3 Å². The number of aryl methyl sites for hydroxylation is 1. The number of aromatic nitrogens is 1. The Balaban J connectivity index is 1.48. The van der Waals surface area contributed by atoms with Crippen LogP contribution in [0.4, 0.5) is 5.69 Å². The second kappa shape index (κ2) is 8.79. The number of nitrogens with one attached hydrogen (secondary N) is 1. The van der Waals surface area contributed by atoms with E-state index in [1.54, 1.807) is 25.1 Å². The van der Waals surface area contributed by atoms with E-state index < -0.39 is 22.5 Å². The normalized spacial score (nSPS) is 17.7. The molecule has 35 heavy (non-hydrogen) atoms. The molecule has 2 aromatic carbocycles. The number of hydrogen-bond donors (Lipinski definition) is 2. The minimum atomic E-state index is -1.56. The Bertz CT molecular complexity index is 1340. The third-order valence-electron chi connectivity index (χ3n) is 7.73. The number of carbonyl (C=O) groups excluding carboxylic acids is 1. The van der Waals surface area contributed by atoms with E-state index in [0.717, 1.165) is 43.4 Å². The van der Waals surface area contributed by atoms with Crippen molar-refractivity contribution in [2.45, 2.75) is 70.3 Å². The van der Waals surface area contributed by atoms with Crippen LogP contribution >= 0.6 is 0 Å². The summed E-state index contributed by atoms with van der Waals surface area (Å²) in [7, 11) is 0. The average Bonchev–Trinajstić information content (AvgIpc) is 3.53. The molecule has 2 N–H and O–H groups in total. The zero-order valence-corrected chi connectivity index (χ0v) is 20.5. The van der Waals surface area contributed by atoms with Gasteiger partial charge in [-0.2, -0.15) is 0 Å². The number of benzene rings is 2. The first-order valence-electron chi connectivity index (χ1n) is 12.4. The van der Waals surface area contributed by atoms with Crippen LogP contribution in [0, 0.1) is 12.8 Å². The first-order valence-corrected chi connectivity index (χ1v) is 12.4. The molecule has 0 spiro atoms. The number of rotatable bonds is 6. The van der Waals surface area contributed by atoms with Crippen molar-refractivity contribution in [2.75, 3.05) is 11.9 Å². The lowest BCUT2D eigenvalue weighted by Crippen LogP contribution is -2.52. The summed E-state index contributed by atoms with van der Waals surface area (Å²) in [6.45, 7) is 6.54. The molecular weight excluding hydrogens is 444 g/mol. The Labute approximate surface area is 204 Å². The van der Waals surface area contributed by atoms with Crippen LogP contribution in [0.25, 0.3) is 10.8 Å². The van der Waals surface area contributed by atoms with Gasteiger partial charge in [-0.25, -0.2) is 4.79 Å². The van der Waals surface area contributed by atoms with Crippen LogP contribution in [0.3, 0.4) is 0 Å². The maximum atomic E-state index is 13.8. The van der Waals surface area contributed by atoms with Gasteiger partial charge in [0.2, 0.25) is 0 Å². The molecule has 184 valence electrons. The smallest absolute Gasteiger partial charge is 0.366 e. The summed E-state index contributed by atoms with van der Waals surface area (Å²) in [6, 6.07) is 11.1. The van der Waals surface area contributed by atoms with Crippen molar-refractivity contribution in [3.8, 4) is 5.75 Å². The molecule has 2 aliphatic rings. The highest BCUT2D eigenvalue weighted by molar-refractivity contribution is 5.99. The molecule has 1 aliphatic carbocycles. The quantitative estimate of drug-likeness (QED) is 0.537. The predicted molar refractivity (Wildman–Crippen MR) is 134 cm³/mol. The highest BCUT2D eigenvalue weighted by Crippen LogP contribution is 2.46. The molecule has 0 radical (unpaired) electrons. The van der Waals surface area contributed by atoms with Crippen LogP contribution in [-0.4, -0.2) is 28.4 Å². The number of para-hydroxylation sites is 1. The van der Waals surface area contributed by atoms with Crippen LogP contribution in [0.2, 0.25) is 0 Å². The molecule has 7 heteroatoms. The standard InChI is InChI=1S/C28H32N2O5/c1-17-22-15-20(11-12-21(22)25(31)35-30-17)29-26(32)28(33,19-8-4-5-9-19)16-27(2,3)23-10-6-7-18-13-14-34-24(18)23/h6-7,10-12,15,19,33H,4-5,8-9,13-14,16H2,1-3H3,(H,29,32). The Kier molecular flexibility index (Phi) is 5.91. The van der Waals surface area contributed by atoms with Crippen molar-refractivity contribution in [1.82, 2.24) is 5.16 Å². The van der Waals surface area contributed by atoms with Crippen LogP contribution in [-0.2, 0) is 16.6 Å². The molecule has 7 nitrogen and oxygen atoms in total. The number of amides is 1. The first kappa shape index (κ1) is 23.5. The first-order chi connectivity index (χ1) is 16.7. The van der Waals surface area contributed by atoms with Crippen molar-refractivity contribution in [1.29, 1.82) is 0 Å². The fraction of sp³-hybridized carbons (Fsp3) is 0.464. The van der Waals surface area contributed by atoms with Gasteiger partial charge in [-0.15, -0.1) is 0 Å². The van der Waals surface area contributed by atoms with Crippen molar-refractivity contribution >= 4 is 22.4 Å². The SMILES string of the molecule is Cc1noc(=O)c2ccc(NC(=O)C(O)(CC(C)(C)c3cccc4c3OCC4)C3CCCC3)cc12. The number of hydrogen-bond acceptors (Lipinski definition) is 6. The van der Waals surface area contributed by atoms with Gasteiger partial charge in [0, 0.05) is 23.1 Å². The molecule has 1 saturated carbocycles. The largest absolute Gasteiger partial charge is 0.493 e. The van der Waals surface area contributed by atoms with Crippen molar-refractivity contribution < 1.29 is 19.2 Å². The van der Waals surface area contributed by atoms with Gasteiger partial charge in [0.05, 0.1) is 17.7 Å². The van der Waals surface area contributed by atoms with E-state index >= 15 is 0 Å². The topological polar surface area (TPSA) is 102 Å². The summed E-state index contributed by atoms with van der Waals surface area (Å²) in [6.07, 6.45) is 4.77. The molecule has 3 aromatic rings. The predicted octanol–water partition coefficient (Wildman–Crippen LogP) is 4.66. The molecular formula is C28H32N2O5. The Hall–Kier alpha value is -3.19. The van der Waals surface area contributed by atoms with E-state index in [1.807, 2.05) is 12.1 Å². The summed E-state index contributed by atoms with van der Waals surface area (Å²) >= 11 is 0. The molecule has 1 fully saturated rings. The summed E-state index contributed by atoms with van der Waals surface area (Å²) in [4.78, 5) is 25.8.